The number of benzene rings is 6. The van der Waals surface area contributed by atoms with Crippen molar-refractivity contribution < 1.29 is 253 Å². The number of anilines is 4. The van der Waals surface area contributed by atoms with Gasteiger partial charge < -0.3 is 45.7 Å². The van der Waals surface area contributed by atoms with Crippen LogP contribution in [0.4, 0.5) is 46.0 Å². The van der Waals surface area contributed by atoms with Gasteiger partial charge in [0.25, 0.3) is 0 Å². The monoisotopic (exact) mass is 1380 g/mol. The fourth-order valence-electron chi connectivity index (χ4n) is 6.92. The fourth-order valence-corrected chi connectivity index (χ4v) is 11.5. The first-order valence-corrected chi connectivity index (χ1v) is 29.6. The fraction of sp³-hybridized carbons (Fsp3) is 0.125. The number of rotatable bonds is 27. The van der Waals surface area contributed by atoms with Crippen molar-refractivity contribution in [3.8, 4) is 11.5 Å². The molecule has 0 spiro atoms. The number of fused-ring (bicyclic) bond motifs is 2. The number of sulfone groups is 2. The molecule has 0 aliphatic carbocycles. The molecule has 0 fully saturated rings. The molecule has 85 heavy (non-hydrogen) atoms. The molecular formula is C40H29ClN9Na5O23S7. The van der Waals surface area contributed by atoms with E-state index in [9.17, 15) is 68.8 Å². The van der Waals surface area contributed by atoms with Gasteiger partial charge in [-0.3, -0.25) is 23.5 Å². The van der Waals surface area contributed by atoms with Crippen LogP contribution in [0.25, 0.3) is 21.5 Å². The van der Waals surface area contributed by atoms with Crippen LogP contribution in [-0.4, -0.2) is 92.7 Å². The molecule has 0 amide bonds. The van der Waals surface area contributed by atoms with E-state index in [1.807, 2.05) is 0 Å². The first kappa shape index (κ1) is 80.0. The number of phenolic OH excluding ortho intramolecular Hbond substituents is 2. The molecule has 0 radical (unpaired) electrons. The predicted molar refractivity (Wildman–Crippen MR) is 268 cm³/mol. The number of nitrogens with one attached hydrogen (secondary N) is 2. The minimum atomic E-state index is -5.31. The molecule has 0 saturated carbocycles. The molecule has 0 bridgehead atoms. The molecule has 426 valence electrons. The van der Waals surface area contributed by atoms with Crippen LogP contribution in [-0.2, 0) is 76.4 Å². The molecule has 45 heteroatoms. The number of azo groups is 2. The Hall–Kier alpha value is -1.13. The van der Waals surface area contributed by atoms with Crippen molar-refractivity contribution in [2.24, 2.45) is 20.5 Å². The molecule has 1 aromatic heterocycles. The van der Waals surface area contributed by atoms with E-state index in [0.29, 0.717) is 0 Å². The molecule has 0 saturated heterocycles. The van der Waals surface area contributed by atoms with Gasteiger partial charge in [-0.25, -0.2) is 33.7 Å². The number of hydrogen-bond acceptors (Lipinski definition) is 35. The number of nitrogens with zero attached hydrogens (tertiary/aromatic N) is 7. The van der Waals surface area contributed by atoms with Gasteiger partial charge in [0, 0.05) is 10.8 Å². The zero-order chi connectivity index (χ0) is 58.0. The average Bonchev–Trinajstić information content (AvgIpc) is 1.92. The van der Waals surface area contributed by atoms with Gasteiger partial charge in [0.05, 0.1) is 84.0 Å². The van der Waals surface area contributed by atoms with Crippen molar-refractivity contribution >= 4 is 156 Å². The summed E-state index contributed by atoms with van der Waals surface area (Å²) in [5.74, 6) is -3.63. The largest absolute Gasteiger partial charge is 1.00 e. The van der Waals surface area contributed by atoms with Crippen molar-refractivity contribution in [3.05, 3.63) is 95.8 Å². The third-order valence-electron chi connectivity index (χ3n) is 10.3. The van der Waals surface area contributed by atoms with Gasteiger partial charge in [-0.2, -0.15) is 29.5 Å². The molecule has 0 aliphatic heterocycles. The van der Waals surface area contributed by atoms with Crippen LogP contribution in [0, 0.1) is 6.92 Å². The van der Waals surface area contributed by atoms with E-state index < -0.39 is 108 Å². The summed E-state index contributed by atoms with van der Waals surface area (Å²) in [5.41, 5.74) is -1.17. The number of aryl methyl sites for hydroxylation is 1. The van der Waals surface area contributed by atoms with E-state index >= 15 is 0 Å². The molecule has 32 nitrogen and oxygen atoms in total. The third kappa shape index (κ3) is 22.0. The van der Waals surface area contributed by atoms with Gasteiger partial charge in [-0.1, -0.05) is 0 Å². The molecule has 0 unspecified atom stereocenters. The Labute approximate surface area is 609 Å². The molecule has 0 aliphatic rings. The Kier molecular flexibility index (Phi) is 34.1. The predicted octanol–water partition coefficient (Wildman–Crippen LogP) is -9.92. The number of hydrogen-bond donors (Lipinski definition) is 4. The number of aromatic nitrogens is 3. The Bertz CT molecular complexity index is 4000. The van der Waals surface area contributed by atoms with Crippen LogP contribution in [0.1, 0.15) is 5.56 Å². The van der Waals surface area contributed by atoms with Gasteiger partial charge >= 0.3 is 148 Å². The van der Waals surface area contributed by atoms with Crippen LogP contribution in [0.15, 0.2) is 130 Å². The van der Waals surface area contributed by atoms with Crippen LogP contribution >= 0.6 is 48.3 Å². The maximum Gasteiger partial charge on any atom is 1.00 e. The van der Waals surface area contributed by atoms with E-state index in [4.69, 9.17) is 20.0 Å². The van der Waals surface area contributed by atoms with Gasteiger partial charge in [0.2, 0.25) is 17.2 Å². The van der Waals surface area contributed by atoms with E-state index in [0.717, 1.165) is 42.5 Å². The molecule has 1 heterocycles. The second-order valence-corrected chi connectivity index (χ2v) is 24.4. The average molecular weight is 1380 g/mol. The number of aromatic hydroxyl groups is 2. The van der Waals surface area contributed by atoms with Crippen LogP contribution in [0.3, 0.4) is 0 Å². The summed E-state index contributed by atoms with van der Waals surface area (Å²) in [4.78, 5) is 9.89. The van der Waals surface area contributed by atoms with Crippen molar-refractivity contribution in [1.82, 2.24) is 15.0 Å². The first-order valence-electron chi connectivity index (χ1n) is 21.1. The zero-order valence-corrected chi connectivity index (χ0v) is 60.7. The normalized spacial score (nSPS) is 11.8. The Balaban J connectivity index is 0.00000493. The smallest absolute Gasteiger partial charge is 0.744 e. The summed E-state index contributed by atoms with van der Waals surface area (Å²) < 4.78 is 147. The topological polar surface area (TPSA) is 478 Å². The Morgan fingerprint density at radius 3 is 1.35 bits per heavy atom. The summed E-state index contributed by atoms with van der Waals surface area (Å²) in [6.45, 7) is 0.690. The van der Waals surface area contributed by atoms with Gasteiger partial charge in [-0.05, 0) is 120 Å². The van der Waals surface area contributed by atoms with Gasteiger partial charge in [0.1, 0.15) is 31.6 Å². The summed E-state index contributed by atoms with van der Waals surface area (Å²) >= 11 is 6.74. The summed E-state index contributed by atoms with van der Waals surface area (Å²) in [5, 5.41) is 84.0. The van der Waals surface area contributed by atoms with E-state index in [2.05, 4.69) is 74.2 Å². The van der Waals surface area contributed by atoms with Gasteiger partial charge in [-0.15, -0.1) is 18.9 Å². The standard InChI is InChI=1S/C40H34ClN9O23S7.5Na/c1-20-14-21-15-27(79(60,61)62)18-29(32(21)36(51)34(20)49-47-23-2-6-25(7-3-23)77(56,57)12-10-66-75-72-69-54)42-39-44-38(41)45-40(46-39)43-30-19-28(80(63,64)65)16-22-17-31(74-71-68-53)35(37(52)33(22)30)50-48-24-4-8-26(9-5-24)78(58,59)13-11-67-76-73-70-55;;;;;/h2-9,14-19,51-55H,10-13H2,1H3,(H,60,61,62)(H,63,64,65)(H2,42,43,44,45,46);;;;;/q;5*+1/p-5. The molecule has 4 N–H and O–H groups in total. The maximum absolute atomic E-state index is 12.8. The third-order valence-corrected chi connectivity index (χ3v) is 16.8. The van der Waals surface area contributed by atoms with Crippen molar-refractivity contribution in [1.29, 1.82) is 0 Å². The van der Waals surface area contributed by atoms with E-state index in [1.165, 1.54) is 49.4 Å². The summed E-state index contributed by atoms with van der Waals surface area (Å²) in [7, 11) is -18.4. The number of phenols is 2. The second kappa shape index (κ2) is 36.2. The van der Waals surface area contributed by atoms with E-state index in [1.54, 1.807) is 0 Å². The zero-order valence-electron chi connectivity index (χ0n) is 44.2. The summed E-state index contributed by atoms with van der Waals surface area (Å²) in [6, 6.07) is 15.6. The second-order valence-electron chi connectivity index (χ2n) is 15.3. The van der Waals surface area contributed by atoms with E-state index in [-0.39, 0.29) is 256 Å². The maximum atomic E-state index is 12.8. The summed E-state index contributed by atoms with van der Waals surface area (Å²) in [6.07, 6.45) is 0. The minimum absolute atomic E-state index is 0. The quantitative estimate of drug-likeness (QED) is 0.00706. The molecule has 7 aromatic rings. The molecule has 6 aromatic carbocycles. The van der Waals surface area contributed by atoms with Crippen LogP contribution in [0.5, 0.6) is 11.5 Å². The Morgan fingerprint density at radius 2 is 0.941 bits per heavy atom. The van der Waals surface area contributed by atoms with Crippen LogP contribution in [0.2, 0.25) is 5.28 Å². The molecular weight excluding hydrogens is 1350 g/mol. The minimum Gasteiger partial charge on any atom is -0.744 e. The SMILES string of the molecule is Cc1cc2cc(S(=O)(=O)[O-])cc(Nc3nc(Cl)nc(Nc4cc(S(=O)(=O)[O-])cc5cc(SOO[O-])c(N=Nc6ccc(S(=O)(=O)CCOSOO[O-])cc6)c(O)c45)n3)c2c(O)c1N=Nc1ccc(S(=O)(=O)CCOSOO[O-])cc1.[Na+].[Na+].[Na+].[Na+].[Na+]. The number of halogens is 1. The van der Waals surface area contributed by atoms with Gasteiger partial charge in [0.15, 0.2) is 55.8 Å². The van der Waals surface area contributed by atoms with Crippen molar-refractivity contribution in [3.63, 3.8) is 0 Å². The van der Waals surface area contributed by atoms with Crippen molar-refractivity contribution in [2.45, 2.75) is 31.4 Å². The molecule has 7 rings (SSSR count). The Morgan fingerprint density at radius 1 is 0.541 bits per heavy atom. The first-order chi connectivity index (χ1) is 37.9. The van der Waals surface area contributed by atoms with Crippen LogP contribution < -0.4 is 174 Å². The van der Waals surface area contributed by atoms with Crippen molar-refractivity contribution in [2.75, 3.05) is 35.4 Å². The molecule has 0 atom stereocenters.